The second-order valence-electron chi connectivity index (χ2n) is 7.92. The van der Waals surface area contributed by atoms with Gasteiger partial charge in [-0.05, 0) is 48.9 Å². The summed E-state index contributed by atoms with van der Waals surface area (Å²) in [5, 5.41) is 6.24. The van der Waals surface area contributed by atoms with Crippen LogP contribution in [0, 0.1) is 0 Å². The number of anilines is 1. The van der Waals surface area contributed by atoms with Gasteiger partial charge in [-0.3, -0.25) is 4.79 Å². The number of para-hydroxylation sites is 1. The molecule has 0 saturated carbocycles. The lowest BCUT2D eigenvalue weighted by Crippen LogP contribution is -2.47. The minimum Gasteiger partial charge on any atom is -0.490 e. The SMILES string of the molecule is CCNC(=NCc1ccc(NC(=O)c2ccco2)cc1)N1CCC(Oc2ccccc2)CC1. The Morgan fingerprint density at radius 1 is 1.06 bits per heavy atom. The Kier molecular flexibility index (Phi) is 7.64. The molecule has 1 aliphatic rings. The van der Waals surface area contributed by atoms with Crippen molar-refractivity contribution < 1.29 is 13.9 Å². The molecule has 7 nitrogen and oxygen atoms in total. The maximum absolute atomic E-state index is 12.1. The van der Waals surface area contributed by atoms with Gasteiger partial charge in [0.2, 0.25) is 0 Å². The van der Waals surface area contributed by atoms with Crippen LogP contribution in [-0.2, 0) is 6.54 Å². The summed E-state index contributed by atoms with van der Waals surface area (Å²) in [5.41, 5.74) is 1.79. The molecule has 2 heterocycles. The number of aliphatic imine (C=N–C) groups is 1. The zero-order valence-corrected chi connectivity index (χ0v) is 18.9. The van der Waals surface area contributed by atoms with Gasteiger partial charge in [0.05, 0.1) is 12.8 Å². The Labute approximate surface area is 194 Å². The summed E-state index contributed by atoms with van der Waals surface area (Å²) in [5.74, 6) is 1.88. The summed E-state index contributed by atoms with van der Waals surface area (Å²) in [7, 11) is 0. The number of nitrogens with zero attached hydrogens (tertiary/aromatic N) is 2. The van der Waals surface area contributed by atoms with Crippen LogP contribution in [0.4, 0.5) is 5.69 Å². The summed E-state index contributed by atoms with van der Waals surface area (Å²) < 4.78 is 11.2. The van der Waals surface area contributed by atoms with E-state index in [1.807, 2.05) is 54.6 Å². The highest BCUT2D eigenvalue weighted by Gasteiger charge is 2.22. The van der Waals surface area contributed by atoms with Gasteiger partial charge in [0.15, 0.2) is 11.7 Å². The molecule has 4 rings (SSSR count). The Morgan fingerprint density at radius 2 is 1.82 bits per heavy atom. The number of nitrogens with one attached hydrogen (secondary N) is 2. The minimum atomic E-state index is -0.264. The van der Waals surface area contributed by atoms with Gasteiger partial charge in [0.1, 0.15) is 11.9 Å². The smallest absolute Gasteiger partial charge is 0.291 e. The Balaban J connectivity index is 1.30. The lowest BCUT2D eigenvalue weighted by atomic mass is 10.1. The number of furan rings is 1. The molecule has 0 radical (unpaired) electrons. The predicted octanol–water partition coefficient (Wildman–Crippen LogP) is 4.54. The normalized spacial score (nSPS) is 14.7. The highest BCUT2D eigenvalue weighted by atomic mass is 16.5. The van der Waals surface area contributed by atoms with Gasteiger partial charge in [0, 0.05) is 38.2 Å². The molecule has 0 spiro atoms. The first kappa shape index (κ1) is 22.5. The Morgan fingerprint density at radius 3 is 2.48 bits per heavy atom. The van der Waals surface area contributed by atoms with Gasteiger partial charge in [-0.25, -0.2) is 4.99 Å². The quantitative estimate of drug-likeness (QED) is 0.411. The molecule has 1 aromatic heterocycles. The van der Waals surface area contributed by atoms with E-state index in [1.54, 1.807) is 12.1 Å². The molecule has 0 unspecified atom stereocenters. The number of ether oxygens (including phenoxy) is 1. The van der Waals surface area contributed by atoms with Crippen LogP contribution in [0.2, 0.25) is 0 Å². The highest BCUT2D eigenvalue weighted by Crippen LogP contribution is 2.19. The third-order valence-electron chi connectivity index (χ3n) is 5.49. The molecule has 1 fully saturated rings. The van der Waals surface area contributed by atoms with Gasteiger partial charge in [-0.1, -0.05) is 30.3 Å². The summed E-state index contributed by atoms with van der Waals surface area (Å²) in [6.07, 6.45) is 3.64. The fourth-order valence-corrected chi connectivity index (χ4v) is 3.76. The van der Waals surface area contributed by atoms with Crippen LogP contribution in [-0.4, -0.2) is 42.5 Å². The lowest BCUT2D eigenvalue weighted by Gasteiger charge is -2.34. The van der Waals surface area contributed by atoms with E-state index in [2.05, 4.69) is 22.5 Å². The van der Waals surface area contributed by atoms with Crippen LogP contribution >= 0.6 is 0 Å². The zero-order chi connectivity index (χ0) is 22.9. The second-order valence-corrected chi connectivity index (χ2v) is 7.92. The first-order chi connectivity index (χ1) is 16.2. The first-order valence-corrected chi connectivity index (χ1v) is 11.4. The second kappa shape index (κ2) is 11.2. The topological polar surface area (TPSA) is 79.1 Å². The van der Waals surface area contributed by atoms with Gasteiger partial charge in [-0.15, -0.1) is 0 Å². The molecule has 1 aliphatic heterocycles. The van der Waals surface area contributed by atoms with E-state index in [0.717, 1.165) is 55.4 Å². The van der Waals surface area contributed by atoms with Crippen molar-refractivity contribution in [2.24, 2.45) is 4.99 Å². The average molecular weight is 447 g/mol. The van der Waals surface area contributed by atoms with E-state index in [9.17, 15) is 4.79 Å². The van der Waals surface area contributed by atoms with Gasteiger partial charge in [-0.2, -0.15) is 0 Å². The molecule has 3 aromatic rings. The maximum atomic E-state index is 12.1. The van der Waals surface area contributed by atoms with Gasteiger partial charge >= 0.3 is 0 Å². The lowest BCUT2D eigenvalue weighted by molar-refractivity contribution is 0.0996. The van der Waals surface area contributed by atoms with E-state index < -0.39 is 0 Å². The van der Waals surface area contributed by atoms with Crippen molar-refractivity contribution in [2.75, 3.05) is 25.0 Å². The van der Waals surface area contributed by atoms with E-state index in [1.165, 1.54) is 6.26 Å². The van der Waals surface area contributed by atoms with Crippen molar-refractivity contribution in [3.63, 3.8) is 0 Å². The summed E-state index contributed by atoms with van der Waals surface area (Å²) >= 11 is 0. The number of amides is 1. The third-order valence-corrected chi connectivity index (χ3v) is 5.49. The standard InChI is InChI=1S/C26H30N4O3/c1-2-27-26(30-16-14-23(15-17-30)33-22-7-4-3-5-8-22)28-19-20-10-12-21(13-11-20)29-25(31)24-9-6-18-32-24/h3-13,18,23H,2,14-17,19H2,1H3,(H,27,28)(H,29,31). The number of rotatable bonds is 7. The van der Waals surface area contributed by atoms with Crippen molar-refractivity contribution in [3.05, 3.63) is 84.3 Å². The predicted molar refractivity (Wildman–Crippen MR) is 130 cm³/mol. The van der Waals surface area contributed by atoms with Crippen molar-refractivity contribution >= 4 is 17.6 Å². The molecule has 0 bridgehead atoms. The molecule has 1 saturated heterocycles. The molecule has 0 atom stereocenters. The van der Waals surface area contributed by atoms with Crippen LogP contribution < -0.4 is 15.4 Å². The van der Waals surface area contributed by atoms with Crippen molar-refractivity contribution in [1.29, 1.82) is 0 Å². The van der Waals surface area contributed by atoms with Crippen LogP contribution in [0.3, 0.4) is 0 Å². The van der Waals surface area contributed by atoms with Crippen molar-refractivity contribution in [2.45, 2.75) is 32.4 Å². The number of piperidine rings is 1. The first-order valence-electron chi connectivity index (χ1n) is 11.4. The van der Waals surface area contributed by atoms with Crippen LogP contribution in [0.5, 0.6) is 5.75 Å². The summed E-state index contributed by atoms with van der Waals surface area (Å²) in [6.45, 7) is 5.27. The molecule has 2 aromatic carbocycles. The fraction of sp³-hybridized carbons (Fsp3) is 0.308. The molecular weight excluding hydrogens is 416 g/mol. The zero-order valence-electron chi connectivity index (χ0n) is 18.9. The molecule has 1 amide bonds. The Bertz CT molecular complexity index is 1030. The van der Waals surface area contributed by atoms with Gasteiger partial charge < -0.3 is 24.7 Å². The number of likely N-dealkylation sites (tertiary alicyclic amines) is 1. The largest absolute Gasteiger partial charge is 0.490 e. The van der Waals surface area contributed by atoms with E-state index in [4.69, 9.17) is 14.1 Å². The Hall–Kier alpha value is -3.74. The van der Waals surface area contributed by atoms with Crippen LogP contribution in [0.25, 0.3) is 0 Å². The monoisotopic (exact) mass is 446 g/mol. The van der Waals surface area contributed by atoms with E-state index in [0.29, 0.717) is 6.54 Å². The molecule has 7 heteroatoms. The summed E-state index contributed by atoms with van der Waals surface area (Å²) in [6, 6.07) is 21.1. The summed E-state index contributed by atoms with van der Waals surface area (Å²) in [4.78, 5) is 19.2. The van der Waals surface area contributed by atoms with Crippen LogP contribution in [0.1, 0.15) is 35.9 Å². The van der Waals surface area contributed by atoms with Crippen molar-refractivity contribution in [1.82, 2.24) is 10.2 Å². The molecule has 172 valence electrons. The highest BCUT2D eigenvalue weighted by molar-refractivity contribution is 6.02. The number of benzene rings is 2. The van der Waals surface area contributed by atoms with Gasteiger partial charge in [0.25, 0.3) is 5.91 Å². The minimum absolute atomic E-state index is 0.232. The number of hydrogen-bond donors (Lipinski definition) is 2. The number of hydrogen-bond acceptors (Lipinski definition) is 4. The molecule has 0 aliphatic carbocycles. The third kappa shape index (κ3) is 6.38. The number of guanidine groups is 1. The molecule has 33 heavy (non-hydrogen) atoms. The van der Waals surface area contributed by atoms with E-state index >= 15 is 0 Å². The van der Waals surface area contributed by atoms with Crippen molar-refractivity contribution in [3.8, 4) is 5.75 Å². The van der Waals surface area contributed by atoms with E-state index in [-0.39, 0.29) is 17.8 Å². The maximum Gasteiger partial charge on any atom is 0.291 e. The number of carbonyl (C=O) groups is 1. The molecule has 2 N–H and O–H groups in total. The molecular formula is C26H30N4O3. The van der Waals surface area contributed by atoms with Crippen LogP contribution in [0.15, 0.2) is 82.4 Å². The average Bonchev–Trinajstić information content (AvgIpc) is 3.39. The fourth-order valence-electron chi connectivity index (χ4n) is 3.76. The number of carbonyl (C=O) groups excluding carboxylic acids is 1.